The zero-order chi connectivity index (χ0) is 25.4. The normalized spacial score (nSPS) is 21.2. The first kappa shape index (κ1) is 23.9. The lowest BCUT2D eigenvalue weighted by Gasteiger charge is -2.34. The van der Waals surface area contributed by atoms with Crippen molar-refractivity contribution >= 4 is 11.6 Å². The molecule has 0 aliphatic carbocycles. The molecule has 1 aromatic carbocycles. The molecule has 0 radical (unpaired) electrons. The minimum atomic E-state index is -1.68. The van der Waals surface area contributed by atoms with E-state index in [0.29, 0.717) is 36.7 Å². The zero-order valence-electron chi connectivity index (χ0n) is 20.3. The molecule has 186 valence electrons. The van der Waals surface area contributed by atoms with Gasteiger partial charge in [0.2, 0.25) is 11.8 Å². The van der Waals surface area contributed by atoms with E-state index in [1.165, 1.54) is 0 Å². The van der Waals surface area contributed by atoms with E-state index in [9.17, 15) is 14.9 Å². The summed E-state index contributed by atoms with van der Waals surface area (Å²) in [5, 5.41) is 10.2. The quantitative estimate of drug-likeness (QED) is 0.618. The second-order valence-corrected chi connectivity index (χ2v) is 9.21. The first-order valence-electron chi connectivity index (χ1n) is 12.1. The third kappa shape index (κ3) is 3.45. The van der Waals surface area contributed by atoms with Crippen LogP contribution in [0.25, 0.3) is 0 Å². The van der Waals surface area contributed by atoms with Crippen molar-refractivity contribution in [3.8, 4) is 11.8 Å². The summed E-state index contributed by atoms with van der Waals surface area (Å²) >= 11 is 0. The highest BCUT2D eigenvalue weighted by Crippen LogP contribution is 2.54. The molecule has 3 aliphatic heterocycles. The molecule has 4 heterocycles. The Morgan fingerprint density at radius 3 is 2.69 bits per heavy atom. The highest BCUT2D eigenvalue weighted by Gasteiger charge is 2.60. The van der Waals surface area contributed by atoms with E-state index in [2.05, 4.69) is 17.5 Å². The van der Waals surface area contributed by atoms with E-state index in [0.717, 1.165) is 26.1 Å². The summed E-state index contributed by atoms with van der Waals surface area (Å²) in [4.78, 5) is 32.2. The highest BCUT2D eigenvalue weighted by atomic mass is 16.5. The highest BCUT2D eigenvalue weighted by molar-refractivity contribution is 6.14. The molecule has 0 bridgehead atoms. The van der Waals surface area contributed by atoms with Crippen LogP contribution in [-0.2, 0) is 21.5 Å². The zero-order valence-corrected chi connectivity index (χ0v) is 20.3. The molecule has 1 unspecified atom stereocenters. The summed E-state index contributed by atoms with van der Waals surface area (Å²) in [6.45, 7) is 10.3. The first-order chi connectivity index (χ1) is 17.4. The fourth-order valence-corrected chi connectivity index (χ4v) is 5.59. The predicted octanol–water partition coefficient (Wildman–Crippen LogP) is 1.78. The number of anilines is 1. The number of aryl methyl sites for hydroxylation is 1. The van der Waals surface area contributed by atoms with Crippen LogP contribution in [0.1, 0.15) is 23.2 Å². The predicted molar refractivity (Wildman–Crippen MR) is 135 cm³/mol. The van der Waals surface area contributed by atoms with Crippen molar-refractivity contribution in [2.75, 3.05) is 44.3 Å². The second-order valence-electron chi connectivity index (χ2n) is 9.21. The van der Waals surface area contributed by atoms with E-state index in [4.69, 9.17) is 15.2 Å². The van der Waals surface area contributed by atoms with E-state index in [1.54, 1.807) is 39.8 Å². The van der Waals surface area contributed by atoms with Crippen LogP contribution in [0.3, 0.4) is 0 Å². The van der Waals surface area contributed by atoms with Gasteiger partial charge < -0.3 is 24.7 Å². The molecule has 1 fully saturated rings. The molecule has 9 heteroatoms. The lowest BCUT2D eigenvalue weighted by Crippen LogP contribution is -2.50. The van der Waals surface area contributed by atoms with Crippen LogP contribution in [0.2, 0.25) is 0 Å². The number of fused-ring (bicyclic) bond motifs is 4. The summed E-state index contributed by atoms with van der Waals surface area (Å²) in [7, 11) is 0. The van der Waals surface area contributed by atoms with Crippen LogP contribution in [0, 0.1) is 18.3 Å². The van der Waals surface area contributed by atoms with Crippen LogP contribution >= 0.6 is 0 Å². The molecular weight excluding hydrogens is 458 g/mol. The lowest BCUT2D eigenvalue weighted by atomic mass is 9.69. The lowest BCUT2D eigenvalue weighted by molar-refractivity contribution is -0.120. The van der Waals surface area contributed by atoms with E-state index in [-0.39, 0.29) is 34.9 Å². The molecule has 2 N–H and O–H groups in total. The van der Waals surface area contributed by atoms with Gasteiger partial charge in [-0.05, 0) is 19.4 Å². The van der Waals surface area contributed by atoms with Crippen LogP contribution in [-0.4, -0.2) is 54.8 Å². The molecule has 1 aromatic heterocycles. The summed E-state index contributed by atoms with van der Waals surface area (Å²) in [5.41, 5.74) is 6.12. The van der Waals surface area contributed by atoms with Crippen molar-refractivity contribution in [2.24, 2.45) is 5.73 Å². The van der Waals surface area contributed by atoms with E-state index >= 15 is 0 Å². The van der Waals surface area contributed by atoms with Gasteiger partial charge in [0.1, 0.15) is 17.4 Å². The molecule has 1 atom stereocenters. The number of hydrogen-bond acceptors (Lipinski definition) is 7. The van der Waals surface area contributed by atoms with Crippen LogP contribution in [0.5, 0.6) is 5.75 Å². The molecule has 1 spiro atoms. The molecule has 9 nitrogen and oxygen atoms in total. The first-order valence-corrected chi connectivity index (χ1v) is 12.1. The molecular formula is C27H29N5O4. The number of nitrogens with zero attached hydrogens (tertiary/aromatic N) is 4. The Hall–Kier alpha value is -3.87. The van der Waals surface area contributed by atoms with Crippen LogP contribution in [0.4, 0.5) is 5.69 Å². The second kappa shape index (κ2) is 9.30. The van der Waals surface area contributed by atoms with Gasteiger partial charge in [0.25, 0.3) is 5.56 Å². The Morgan fingerprint density at radius 2 is 1.97 bits per heavy atom. The molecule has 36 heavy (non-hydrogen) atoms. The maximum atomic E-state index is 14.2. The maximum Gasteiger partial charge on any atom is 0.259 e. The van der Waals surface area contributed by atoms with Crippen molar-refractivity contribution in [3.05, 3.63) is 81.6 Å². The molecule has 5 rings (SSSR count). The number of benzene rings is 1. The van der Waals surface area contributed by atoms with Gasteiger partial charge in [-0.3, -0.25) is 14.5 Å². The van der Waals surface area contributed by atoms with Gasteiger partial charge in [-0.15, -0.1) is 6.58 Å². The van der Waals surface area contributed by atoms with Crippen LogP contribution < -0.4 is 20.9 Å². The van der Waals surface area contributed by atoms with Crippen molar-refractivity contribution in [1.29, 1.82) is 5.26 Å². The van der Waals surface area contributed by atoms with Crippen molar-refractivity contribution in [3.63, 3.8) is 0 Å². The number of hydrogen-bond donors (Lipinski definition) is 1. The summed E-state index contributed by atoms with van der Waals surface area (Å²) in [5.74, 6) is -0.368. The largest absolute Gasteiger partial charge is 0.440 e. The number of para-hydroxylation sites is 1. The fourth-order valence-electron chi connectivity index (χ4n) is 5.59. The smallest absolute Gasteiger partial charge is 0.259 e. The third-order valence-electron chi connectivity index (χ3n) is 7.24. The summed E-state index contributed by atoms with van der Waals surface area (Å²) in [6.07, 6.45) is 2.37. The standard InChI is InChI=1S/C27H29N5O4/c1-3-9-32-21-8-5-4-7-19(21)27(26(32)34)20(17-28)24(29)36-22-16-18(2)31(25(33)23(22)27)11-6-10-30-12-14-35-15-13-30/h3-5,7-8,16H,1,6,9-15,29H2,2H3. The van der Waals surface area contributed by atoms with Gasteiger partial charge in [-0.1, -0.05) is 24.3 Å². The Kier molecular flexibility index (Phi) is 6.16. The SMILES string of the molecule is C=CCN1C(=O)C2(C(C#N)=C(N)Oc3cc(C)n(CCCN4CCOCC4)c(=O)c32)c2ccccc21. The van der Waals surface area contributed by atoms with Crippen LogP contribution in [0.15, 0.2) is 59.2 Å². The maximum absolute atomic E-state index is 14.2. The number of rotatable bonds is 6. The Bertz CT molecular complexity index is 1370. The van der Waals surface area contributed by atoms with Gasteiger partial charge in [-0.2, -0.15) is 5.26 Å². The Balaban J connectivity index is 1.66. The molecule has 2 aromatic rings. The van der Waals surface area contributed by atoms with Gasteiger partial charge in [0.15, 0.2) is 5.41 Å². The number of ether oxygens (including phenoxy) is 2. The van der Waals surface area contributed by atoms with Gasteiger partial charge in [0.05, 0.1) is 18.8 Å². The molecule has 1 amide bonds. The number of nitrogens with two attached hydrogens (primary N) is 1. The van der Waals surface area contributed by atoms with E-state index < -0.39 is 11.3 Å². The minimum absolute atomic E-state index is 0.0696. The minimum Gasteiger partial charge on any atom is -0.440 e. The topological polar surface area (TPSA) is 114 Å². The number of amides is 1. The summed E-state index contributed by atoms with van der Waals surface area (Å²) < 4.78 is 12.9. The number of pyridine rings is 1. The number of carbonyl (C=O) groups is 1. The number of morpholine rings is 1. The molecule has 1 saturated heterocycles. The average molecular weight is 488 g/mol. The monoisotopic (exact) mass is 487 g/mol. The molecule has 0 saturated carbocycles. The average Bonchev–Trinajstić information content (AvgIpc) is 3.10. The Labute approximate surface area is 209 Å². The molecule has 3 aliphatic rings. The Morgan fingerprint density at radius 1 is 1.22 bits per heavy atom. The van der Waals surface area contributed by atoms with Crippen molar-refractivity contribution in [2.45, 2.75) is 25.3 Å². The summed E-state index contributed by atoms with van der Waals surface area (Å²) in [6, 6.07) is 11.0. The number of nitriles is 1. The third-order valence-corrected chi connectivity index (χ3v) is 7.24. The number of carbonyl (C=O) groups excluding carboxylic acids is 1. The van der Waals surface area contributed by atoms with Gasteiger partial charge in [-0.25, -0.2) is 0 Å². The van der Waals surface area contributed by atoms with Gasteiger partial charge in [0, 0.05) is 55.7 Å². The number of aromatic nitrogens is 1. The van der Waals surface area contributed by atoms with Crippen molar-refractivity contribution < 1.29 is 14.3 Å². The van der Waals surface area contributed by atoms with Gasteiger partial charge >= 0.3 is 0 Å². The fraction of sp³-hybridized carbons (Fsp3) is 0.370. The van der Waals surface area contributed by atoms with E-state index in [1.807, 2.05) is 13.0 Å². The van der Waals surface area contributed by atoms with Crippen molar-refractivity contribution in [1.82, 2.24) is 9.47 Å².